The molecule has 1 saturated heterocycles. The van der Waals surface area contributed by atoms with E-state index in [9.17, 15) is 4.79 Å². The number of amides is 1. The summed E-state index contributed by atoms with van der Waals surface area (Å²) in [6.07, 6.45) is 1.31. The van der Waals surface area contributed by atoms with Crippen LogP contribution in [0.25, 0.3) is 0 Å². The molecule has 1 aliphatic rings. The Kier molecular flexibility index (Phi) is 5.63. The fourth-order valence-electron chi connectivity index (χ4n) is 3.18. The van der Waals surface area contributed by atoms with E-state index in [2.05, 4.69) is 10.2 Å². The van der Waals surface area contributed by atoms with Crippen LogP contribution in [-0.4, -0.2) is 46.4 Å². The Hall–Kier alpha value is -2.73. The molecule has 6 nitrogen and oxygen atoms in total. The molecule has 138 valence electrons. The summed E-state index contributed by atoms with van der Waals surface area (Å²) >= 11 is 0. The van der Waals surface area contributed by atoms with Gasteiger partial charge in [0.25, 0.3) is 5.91 Å². The zero-order valence-corrected chi connectivity index (χ0v) is 15.3. The van der Waals surface area contributed by atoms with E-state index in [1.165, 1.54) is 14.2 Å². The standard InChI is InChI=1S/C20H24N2O4/c1-24-16-11-12-22(13-16)15-9-7-14(8-10-15)21-20(23)19-17(25-2)5-4-6-18(19)26-3/h4-10,16H,11-13H2,1-3H3,(H,21,23). The van der Waals surface area contributed by atoms with Gasteiger partial charge >= 0.3 is 0 Å². The van der Waals surface area contributed by atoms with E-state index in [4.69, 9.17) is 14.2 Å². The highest BCUT2D eigenvalue weighted by Gasteiger charge is 2.22. The molecule has 0 bridgehead atoms. The Balaban J connectivity index is 1.73. The Labute approximate surface area is 153 Å². The van der Waals surface area contributed by atoms with Crippen molar-refractivity contribution in [3.8, 4) is 11.5 Å². The van der Waals surface area contributed by atoms with Gasteiger partial charge in [0, 0.05) is 31.6 Å². The van der Waals surface area contributed by atoms with Crippen LogP contribution in [0.2, 0.25) is 0 Å². The molecule has 1 fully saturated rings. The first-order valence-electron chi connectivity index (χ1n) is 8.56. The van der Waals surface area contributed by atoms with Crippen molar-refractivity contribution >= 4 is 17.3 Å². The summed E-state index contributed by atoms with van der Waals surface area (Å²) < 4.78 is 16.0. The fraction of sp³-hybridized carbons (Fsp3) is 0.350. The zero-order valence-electron chi connectivity index (χ0n) is 15.3. The van der Waals surface area contributed by atoms with E-state index < -0.39 is 0 Å². The molecule has 1 heterocycles. The van der Waals surface area contributed by atoms with Crippen LogP contribution in [0.3, 0.4) is 0 Å². The van der Waals surface area contributed by atoms with Gasteiger partial charge in [-0.1, -0.05) is 6.07 Å². The number of nitrogens with zero attached hydrogens (tertiary/aromatic N) is 1. The van der Waals surface area contributed by atoms with Gasteiger partial charge in [0.15, 0.2) is 0 Å². The minimum atomic E-state index is -0.271. The second-order valence-electron chi connectivity index (χ2n) is 6.13. The monoisotopic (exact) mass is 356 g/mol. The van der Waals surface area contributed by atoms with Crippen molar-refractivity contribution in [3.05, 3.63) is 48.0 Å². The predicted octanol–water partition coefficient (Wildman–Crippen LogP) is 3.18. The van der Waals surface area contributed by atoms with Gasteiger partial charge in [-0.15, -0.1) is 0 Å². The lowest BCUT2D eigenvalue weighted by atomic mass is 10.1. The number of hydrogen-bond acceptors (Lipinski definition) is 5. The topological polar surface area (TPSA) is 60.0 Å². The van der Waals surface area contributed by atoms with E-state index >= 15 is 0 Å². The third kappa shape index (κ3) is 3.75. The van der Waals surface area contributed by atoms with Crippen molar-refractivity contribution in [1.29, 1.82) is 0 Å². The quantitative estimate of drug-likeness (QED) is 0.861. The molecule has 0 saturated carbocycles. The van der Waals surface area contributed by atoms with Crippen molar-refractivity contribution in [3.63, 3.8) is 0 Å². The molecular weight excluding hydrogens is 332 g/mol. The molecule has 0 aliphatic carbocycles. The zero-order chi connectivity index (χ0) is 18.5. The lowest BCUT2D eigenvalue weighted by molar-refractivity contribution is 0.102. The lowest BCUT2D eigenvalue weighted by Crippen LogP contribution is -2.22. The van der Waals surface area contributed by atoms with Crippen LogP contribution in [-0.2, 0) is 4.74 Å². The Morgan fingerprint density at radius 3 is 2.23 bits per heavy atom. The lowest BCUT2D eigenvalue weighted by Gasteiger charge is -2.19. The molecular formula is C20H24N2O4. The number of methoxy groups -OCH3 is 3. The summed E-state index contributed by atoms with van der Waals surface area (Å²) in [5.41, 5.74) is 2.22. The maximum atomic E-state index is 12.7. The molecule has 1 amide bonds. The first-order valence-corrected chi connectivity index (χ1v) is 8.56. The highest BCUT2D eigenvalue weighted by Crippen LogP contribution is 2.29. The smallest absolute Gasteiger partial charge is 0.263 e. The number of carbonyl (C=O) groups excluding carboxylic acids is 1. The summed E-state index contributed by atoms with van der Waals surface area (Å²) in [6, 6.07) is 13.1. The van der Waals surface area contributed by atoms with E-state index in [1.54, 1.807) is 25.3 Å². The summed E-state index contributed by atoms with van der Waals surface area (Å²) in [6.45, 7) is 1.86. The van der Waals surface area contributed by atoms with Gasteiger partial charge in [-0.2, -0.15) is 0 Å². The minimum absolute atomic E-state index is 0.271. The fourth-order valence-corrected chi connectivity index (χ4v) is 3.18. The average molecular weight is 356 g/mol. The van der Waals surface area contributed by atoms with Crippen LogP contribution in [0.1, 0.15) is 16.8 Å². The van der Waals surface area contributed by atoms with Crippen LogP contribution < -0.4 is 19.7 Å². The normalized spacial score (nSPS) is 16.4. The van der Waals surface area contributed by atoms with Crippen molar-refractivity contribution in [1.82, 2.24) is 0 Å². The molecule has 1 unspecified atom stereocenters. The maximum Gasteiger partial charge on any atom is 0.263 e. The number of benzene rings is 2. The van der Waals surface area contributed by atoms with Gasteiger partial charge in [-0.3, -0.25) is 4.79 Å². The van der Waals surface area contributed by atoms with Crippen LogP contribution >= 0.6 is 0 Å². The molecule has 26 heavy (non-hydrogen) atoms. The predicted molar refractivity (Wildman–Crippen MR) is 102 cm³/mol. The number of carbonyl (C=O) groups is 1. The second-order valence-corrected chi connectivity index (χ2v) is 6.13. The number of nitrogens with one attached hydrogen (secondary N) is 1. The van der Waals surface area contributed by atoms with Crippen LogP contribution in [0.4, 0.5) is 11.4 Å². The summed E-state index contributed by atoms with van der Waals surface area (Å²) in [5, 5.41) is 2.90. The summed E-state index contributed by atoms with van der Waals surface area (Å²) in [7, 11) is 4.81. The van der Waals surface area contributed by atoms with Gasteiger partial charge < -0.3 is 24.4 Å². The SMILES string of the molecule is COc1cccc(OC)c1C(=O)Nc1ccc(N2CCC(OC)C2)cc1. The Bertz CT molecular complexity index is 739. The van der Waals surface area contributed by atoms with Crippen LogP contribution in [0, 0.1) is 0 Å². The second kappa shape index (κ2) is 8.10. The Morgan fingerprint density at radius 2 is 1.69 bits per heavy atom. The Morgan fingerprint density at radius 1 is 1.04 bits per heavy atom. The molecule has 1 aliphatic heterocycles. The van der Waals surface area contributed by atoms with E-state index in [0.717, 1.165) is 25.2 Å². The maximum absolute atomic E-state index is 12.7. The minimum Gasteiger partial charge on any atom is -0.496 e. The van der Waals surface area contributed by atoms with Gasteiger partial charge in [-0.25, -0.2) is 0 Å². The average Bonchev–Trinajstić information content (AvgIpc) is 3.17. The van der Waals surface area contributed by atoms with Crippen molar-refractivity contribution in [2.24, 2.45) is 0 Å². The molecule has 2 aromatic rings. The van der Waals surface area contributed by atoms with Gasteiger partial charge in [0.1, 0.15) is 17.1 Å². The first kappa shape index (κ1) is 18.1. The molecule has 1 atom stereocenters. The van der Waals surface area contributed by atoms with Crippen molar-refractivity contribution in [2.75, 3.05) is 44.6 Å². The van der Waals surface area contributed by atoms with E-state index in [1.807, 2.05) is 24.3 Å². The van der Waals surface area contributed by atoms with Gasteiger partial charge in [-0.05, 0) is 42.8 Å². The highest BCUT2D eigenvalue weighted by atomic mass is 16.5. The summed E-state index contributed by atoms with van der Waals surface area (Å²) in [5.74, 6) is 0.676. The number of hydrogen-bond donors (Lipinski definition) is 1. The largest absolute Gasteiger partial charge is 0.496 e. The number of anilines is 2. The molecule has 1 N–H and O–H groups in total. The third-order valence-electron chi connectivity index (χ3n) is 4.62. The van der Waals surface area contributed by atoms with Gasteiger partial charge in [0.05, 0.1) is 20.3 Å². The third-order valence-corrected chi connectivity index (χ3v) is 4.62. The number of ether oxygens (including phenoxy) is 3. The van der Waals surface area contributed by atoms with E-state index in [-0.39, 0.29) is 12.0 Å². The van der Waals surface area contributed by atoms with Crippen LogP contribution in [0.15, 0.2) is 42.5 Å². The highest BCUT2D eigenvalue weighted by molar-refractivity contribution is 6.08. The molecule has 2 aromatic carbocycles. The number of rotatable bonds is 6. The molecule has 6 heteroatoms. The molecule has 3 rings (SSSR count). The van der Waals surface area contributed by atoms with Gasteiger partial charge in [0.2, 0.25) is 0 Å². The van der Waals surface area contributed by atoms with Crippen LogP contribution in [0.5, 0.6) is 11.5 Å². The molecule has 0 spiro atoms. The van der Waals surface area contributed by atoms with Crippen molar-refractivity contribution in [2.45, 2.75) is 12.5 Å². The molecule has 0 radical (unpaired) electrons. The van der Waals surface area contributed by atoms with Crippen molar-refractivity contribution < 1.29 is 19.0 Å². The van der Waals surface area contributed by atoms with E-state index in [0.29, 0.717) is 22.7 Å². The first-order chi connectivity index (χ1) is 12.7. The molecule has 0 aromatic heterocycles. The summed E-state index contributed by atoms with van der Waals surface area (Å²) in [4.78, 5) is 15.0.